The van der Waals surface area contributed by atoms with Crippen molar-refractivity contribution in [2.45, 2.75) is 52.9 Å². The predicted octanol–water partition coefficient (Wildman–Crippen LogP) is 2.78. The van der Waals surface area contributed by atoms with E-state index >= 15 is 0 Å². The van der Waals surface area contributed by atoms with Crippen molar-refractivity contribution >= 4 is 0 Å². The quantitative estimate of drug-likeness (QED) is 0.549. The third-order valence-electron chi connectivity index (χ3n) is 2.78. The molecule has 1 atom stereocenters. The van der Waals surface area contributed by atoms with E-state index in [0.717, 1.165) is 18.4 Å². The molecule has 2 heteroatoms. The van der Waals surface area contributed by atoms with E-state index in [1.165, 1.54) is 45.2 Å². The van der Waals surface area contributed by atoms with Crippen LogP contribution in [-0.2, 0) is 0 Å². The van der Waals surface area contributed by atoms with Gasteiger partial charge in [-0.25, -0.2) is 0 Å². The van der Waals surface area contributed by atoms with Crippen LogP contribution in [0.5, 0.6) is 0 Å². The first-order chi connectivity index (χ1) is 7.16. The Bertz CT molecular complexity index is 124. The van der Waals surface area contributed by atoms with E-state index in [2.05, 4.69) is 26.1 Å². The lowest BCUT2D eigenvalue weighted by molar-refractivity contribution is 0.447. The highest BCUT2D eigenvalue weighted by atomic mass is 14.8. The normalized spacial score (nSPS) is 13.4. The summed E-state index contributed by atoms with van der Waals surface area (Å²) in [6, 6.07) is 0. The molecule has 0 aliphatic heterocycles. The molecular weight excluding hydrogens is 184 g/mol. The van der Waals surface area contributed by atoms with Gasteiger partial charge in [0.2, 0.25) is 0 Å². The fourth-order valence-corrected chi connectivity index (χ4v) is 1.72. The maximum Gasteiger partial charge on any atom is -0.00232 e. The molecule has 0 fully saturated rings. The van der Waals surface area contributed by atoms with Crippen LogP contribution in [0.25, 0.3) is 0 Å². The standard InChI is InChI=1S/C13H30N2/c1-12(2)7-6-10-15-11-13(3)8-4-5-9-14/h12-13,15H,4-11,14H2,1-3H3. The smallest absolute Gasteiger partial charge is 0.00232 e. The number of unbranched alkanes of at least 4 members (excludes halogenated alkanes) is 1. The Morgan fingerprint density at radius 2 is 1.73 bits per heavy atom. The SMILES string of the molecule is CC(C)CCCNCC(C)CCCCN. The molecule has 0 aromatic rings. The third kappa shape index (κ3) is 11.8. The molecule has 3 N–H and O–H groups in total. The zero-order chi connectivity index (χ0) is 11.5. The molecule has 0 amide bonds. The van der Waals surface area contributed by atoms with Gasteiger partial charge in [0.25, 0.3) is 0 Å². The Morgan fingerprint density at radius 3 is 2.33 bits per heavy atom. The summed E-state index contributed by atoms with van der Waals surface area (Å²) >= 11 is 0. The molecule has 0 aliphatic rings. The van der Waals surface area contributed by atoms with Crippen molar-refractivity contribution in [3.05, 3.63) is 0 Å². The Balaban J connectivity index is 3.13. The van der Waals surface area contributed by atoms with E-state index in [9.17, 15) is 0 Å². The number of hydrogen-bond acceptors (Lipinski definition) is 2. The first kappa shape index (κ1) is 14.9. The Kier molecular flexibility index (Phi) is 10.4. The van der Waals surface area contributed by atoms with Gasteiger partial charge < -0.3 is 11.1 Å². The van der Waals surface area contributed by atoms with Crippen LogP contribution >= 0.6 is 0 Å². The van der Waals surface area contributed by atoms with E-state index in [4.69, 9.17) is 5.73 Å². The minimum absolute atomic E-state index is 0.801. The van der Waals surface area contributed by atoms with E-state index in [-0.39, 0.29) is 0 Å². The van der Waals surface area contributed by atoms with Gasteiger partial charge in [0.15, 0.2) is 0 Å². The zero-order valence-electron chi connectivity index (χ0n) is 10.9. The molecule has 0 aromatic heterocycles. The van der Waals surface area contributed by atoms with Crippen LogP contribution in [0, 0.1) is 11.8 Å². The van der Waals surface area contributed by atoms with E-state index < -0.39 is 0 Å². The Morgan fingerprint density at radius 1 is 1.00 bits per heavy atom. The molecule has 1 unspecified atom stereocenters. The Hall–Kier alpha value is -0.0800. The Labute approximate surface area is 96.0 Å². The zero-order valence-corrected chi connectivity index (χ0v) is 10.9. The van der Waals surface area contributed by atoms with E-state index in [1.807, 2.05) is 0 Å². The van der Waals surface area contributed by atoms with Crippen molar-refractivity contribution in [1.82, 2.24) is 5.32 Å². The molecule has 0 aromatic carbocycles. The van der Waals surface area contributed by atoms with Gasteiger partial charge in [-0.2, -0.15) is 0 Å². The predicted molar refractivity (Wildman–Crippen MR) is 69.0 cm³/mol. The summed E-state index contributed by atoms with van der Waals surface area (Å²) in [6.07, 6.45) is 6.43. The number of rotatable bonds is 10. The maximum atomic E-state index is 5.47. The van der Waals surface area contributed by atoms with Gasteiger partial charge >= 0.3 is 0 Å². The second-order valence-corrected chi connectivity index (χ2v) is 5.13. The van der Waals surface area contributed by atoms with Gasteiger partial charge in [0, 0.05) is 0 Å². The highest BCUT2D eigenvalue weighted by molar-refractivity contribution is 4.58. The van der Waals surface area contributed by atoms with Crippen molar-refractivity contribution in [1.29, 1.82) is 0 Å². The number of nitrogens with two attached hydrogens (primary N) is 1. The fourth-order valence-electron chi connectivity index (χ4n) is 1.72. The van der Waals surface area contributed by atoms with Crippen LogP contribution in [0.15, 0.2) is 0 Å². The summed E-state index contributed by atoms with van der Waals surface area (Å²) < 4.78 is 0. The summed E-state index contributed by atoms with van der Waals surface area (Å²) in [5.74, 6) is 1.64. The molecule has 0 heterocycles. The minimum Gasteiger partial charge on any atom is -0.330 e. The van der Waals surface area contributed by atoms with Crippen LogP contribution in [-0.4, -0.2) is 19.6 Å². The summed E-state index contributed by atoms with van der Waals surface area (Å²) in [6.45, 7) is 10.1. The molecule has 0 aliphatic carbocycles. The van der Waals surface area contributed by atoms with Gasteiger partial charge in [0.05, 0.1) is 0 Å². The van der Waals surface area contributed by atoms with Gasteiger partial charge in [-0.1, -0.05) is 27.2 Å². The lowest BCUT2D eigenvalue weighted by Gasteiger charge is -2.12. The molecule has 0 rings (SSSR count). The average molecular weight is 214 g/mol. The molecule has 15 heavy (non-hydrogen) atoms. The van der Waals surface area contributed by atoms with Crippen molar-refractivity contribution in [3.63, 3.8) is 0 Å². The second kappa shape index (κ2) is 10.4. The lowest BCUT2D eigenvalue weighted by atomic mass is 10.0. The van der Waals surface area contributed by atoms with E-state index in [0.29, 0.717) is 0 Å². The van der Waals surface area contributed by atoms with Crippen LogP contribution in [0.2, 0.25) is 0 Å². The minimum atomic E-state index is 0.801. The highest BCUT2D eigenvalue weighted by Crippen LogP contribution is 2.06. The van der Waals surface area contributed by atoms with Gasteiger partial charge in [-0.05, 0) is 57.2 Å². The van der Waals surface area contributed by atoms with Crippen LogP contribution in [0.3, 0.4) is 0 Å². The summed E-state index contributed by atoms with van der Waals surface area (Å²) in [5.41, 5.74) is 5.47. The van der Waals surface area contributed by atoms with E-state index in [1.54, 1.807) is 0 Å². The highest BCUT2D eigenvalue weighted by Gasteiger charge is 2.01. The number of hydrogen-bond donors (Lipinski definition) is 2. The molecule has 0 bridgehead atoms. The molecule has 0 saturated carbocycles. The van der Waals surface area contributed by atoms with Gasteiger partial charge in [-0.15, -0.1) is 0 Å². The monoisotopic (exact) mass is 214 g/mol. The fraction of sp³-hybridized carbons (Fsp3) is 1.00. The van der Waals surface area contributed by atoms with Crippen LogP contribution < -0.4 is 11.1 Å². The molecule has 0 radical (unpaired) electrons. The van der Waals surface area contributed by atoms with Crippen molar-refractivity contribution < 1.29 is 0 Å². The maximum absolute atomic E-state index is 5.47. The topological polar surface area (TPSA) is 38.0 Å². The van der Waals surface area contributed by atoms with Gasteiger partial charge in [0.1, 0.15) is 0 Å². The summed E-state index contributed by atoms with van der Waals surface area (Å²) in [4.78, 5) is 0. The molecule has 0 saturated heterocycles. The van der Waals surface area contributed by atoms with Crippen LogP contribution in [0.4, 0.5) is 0 Å². The number of nitrogens with one attached hydrogen (secondary N) is 1. The summed E-state index contributed by atoms with van der Waals surface area (Å²) in [7, 11) is 0. The molecular formula is C13H30N2. The summed E-state index contributed by atoms with van der Waals surface area (Å²) in [5, 5.41) is 3.54. The van der Waals surface area contributed by atoms with Gasteiger partial charge in [-0.3, -0.25) is 0 Å². The molecule has 0 spiro atoms. The average Bonchev–Trinajstić information content (AvgIpc) is 2.17. The van der Waals surface area contributed by atoms with Crippen molar-refractivity contribution in [2.75, 3.05) is 19.6 Å². The van der Waals surface area contributed by atoms with Crippen molar-refractivity contribution in [2.24, 2.45) is 17.6 Å². The third-order valence-corrected chi connectivity index (χ3v) is 2.78. The first-order valence-corrected chi connectivity index (χ1v) is 6.57. The first-order valence-electron chi connectivity index (χ1n) is 6.57. The molecule has 2 nitrogen and oxygen atoms in total. The molecule has 92 valence electrons. The lowest BCUT2D eigenvalue weighted by Crippen LogP contribution is -2.22. The van der Waals surface area contributed by atoms with Crippen LogP contribution in [0.1, 0.15) is 52.9 Å². The second-order valence-electron chi connectivity index (χ2n) is 5.13. The largest absolute Gasteiger partial charge is 0.330 e. The van der Waals surface area contributed by atoms with Crippen molar-refractivity contribution in [3.8, 4) is 0 Å².